The highest BCUT2D eigenvalue weighted by Gasteiger charge is 2.12. The first-order valence-corrected chi connectivity index (χ1v) is 2.84. The molecule has 3 heteroatoms. The number of quaternary nitrogens is 1. The molecule has 1 aromatic heterocycles. The number of H-pyrrole nitrogens is 1. The van der Waals surface area contributed by atoms with Crippen molar-refractivity contribution in [1.82, 2.24) is 14.7 Å². The topological polar surface area (TPSA) is 28.7 Å². The molecule has 1 N–H and O–H groups in total. The summed E-state index contributed by atoms with van der Waals surface area (Å²) in [5, 5.41) is 6.64. The molecule has 49 valence electrons. The van der Waals surface area contributed by atoms with Crippen LogP contribution in [0.4, 0.5) is 5.82 Å². The number of nitrogens with one attached hydrogen (secondary N) is 1. The lowest BCUT2D eigenvalue weighted by atomic mass is 10.5. The molecule has 1 radical (unpaired) electrons. The van der Waals surface area contributed by atoms with Crippen LogP contribution in [0.3, 0.4) is 0 Å². The van der Waals surface area contributed by atoms with E-state index in [1.807, 2.05) is 0 Å². The highest BCUT2D eigenvalue weighted by atomic mass is 15.4. The van der Waals surface area contributed by atoms with Gasteiger partial charge in [0.25, 0.3) is 0 Å². The first kappa shape index (κ1) is 6.29. The molecule has 0 unspecified atom stereocenters. The molecule has 0 aliphatic carbocycles. The van der Waals surface area contributed by atoms with Crippen LogP contribution in [0.5, 0.6) is 0 Å². The Balaban J connectivity index is 2.90. The van der Waals surface area contributed by atoms with E-state index in [4.69, 9.17) is 0 Å². The van der Waals surface area contributed by atoms with Crippen LogP contribution in [0.15, 0.2) is 6.20 Å². The Labute approximate surface area is 54.9 Å². The van der Waals surface area contributed by atoms with Gasteiger partial charge < -0.3 is 0 Å². The maximum atomic E-state index is 3.79. The van der Waals surface area contributed by atoms with E-state index < -0.39 is 0 Å². The summed E-state index contributed by atoms with van der Waals surface area (Å²) in [4.78, 5) is 0. The smallest absolute Gasteiger partial charge is 0.231 e. The quantitative estimate of drug-likeness (QED) is 0.541. The van der Waals surface area contributed by atoms with Gasteiger partial charge in [-0.15, -0.1) is 0 Å². The normalized spacial score (nSPS) is 11.9. The Hall–Kier alpha value is -0.830. The zero-order valence-corrected chi connectivity index (χ0v) is 5.97. The summed E-state index contributed by atoms with van der Waals surface area (Å²) >= 11 is 0. The zero-order valence-electron chi connectivity index (χ0n) is 5.97. The van der Waals surface area contributed by atoms with Gasteiger partial charge in [-0.1, -0.05) is 0 Å². The van der Waals surface area contributed by atoms with E-state index in [1.165, 1.54) is 0 Å². The predicted octanol–water partition coefficient (Wildman–Crippen LogP) is 0.407. The summed E-state index contributed by atoms with van der Waals surface area (Å²) in [6.45, 7) is 0. The van der Waals surface area contributed by atoms with E-state index in [1.54, 1.807) is 6.20 Å². The van der Waals surface area contributed by atoms with Crippen LogP contribution in [0.25, 0.3) is 0 Å². The first-order valence-electron chi connectivity index (χ1n) is 2.84. The fraction of sp³-hybridized carbons (Fsp3) is 0.500. The Bertz CT molecular complexity index is 171. The highest BCUT2D eigenvalue weighted by Crippen LogP contribution is 2.08. The molecule has 3 nitrogen and oxygen atoms in total. The van der Waals surface area contributed by atoms with Crippen molar-refractivity contribution in [2.24, 2.45) is 0 Å². The third kappa shape index (κ3) is 1.29. The fourth-order valence-corrected chi connectivity index (χ4v) is 0.563. The van der Waals surface area contributed by atoms with Gasteiger partial charge in [0.05, 0.1) is 33.4 Å². The first-order chi connectivity index (χ1) is 4.11. The van der Waals surface area contributed by atoms with Crippen molar-refractivity contribution in [3.8, 4) is 0 Å². The van der Waals surface area contributed by atoms with Crippen LogP contribution < -0.4 is 4.48 Å². The number of rotatable bonds is 1. The summed E-state index contributed by atoms with van der Waals surface area (Å²) in [6.07, 6.45) is 1.64. The maximum Gasteiger partial charge on any atom is 0.231 e. The number of aromatic amines is 1. The number of hydrogen-bond donors (Lipinski definition) is 1. The van der Waals surface area contributed by atoms with Crippen LogP contribution in [0.2, 0.25) is 0 Å². The van der Waals surface area contributed by atoms with Crippen LogP contribution in [0.1, 0.15) is 0 Å². The van der Waals surface area contributed by atoms with Crippen molar-refractivity contribution in [1.29, 1.82) is 0 Å². The van der Waals surface area contributed by atoms with Crippen molar-refractivity contribution in [3.63, 3.8) is 0 Å². The molecule has 0 saturated heterocycles. The molecule has 0 aromatic carbocycles. The molecular formula is C6H11N3+. The van der Waals surface area contributed by atoms with Crippen molar-refractivity contribution in [2.75, 3.05) is 21.1 Å². The second-order valence-electron chi connectivity index (χ2n) is 2.88. The molecular weight excluding hydrogens is 114 g/mol. The molecule has 0 atom stereocenters. The lowest BCUT2D eigenvalue weighted by Gasteiger charge is -2.19. The molecule has 0 bridgehead atoms. The summed E-state index contributed by atoms with van der Waals surface area (Å²) < 4.78 is 0.736. The standard InChI is InChI=1S/C6H11N3/c1-9(2,3)6-4-5-7-8-6/h5H,1-3H3,(H,7,8)/q+1. The number of nitrogens with zero attached hydrogens (tertiary/aromatic N) is 2. The molecule has 0 saturated carbocycles. The second-order valence-corrected chi connectivity index (χ2v) is 2.88. The van der Waals surface area contributed by atoms with Gasteiger partial charge in [-0.2, -0.15) is 5.10 Å². The van der Waals surface area contributed by atoms with E-state index in [0.717, 1.165) is 10.3 Å². The van der Waals surface area contributed by atoms with E-state index >= 15 is 0 Å². The SMILES string of the molecule is C[N+](C)(C)c1[c]cn[nH]1. The summed E-state index contributed by atoms with van der Waals surface area (Å²) in [5.74, 6) is 0.995. The monoisotopic (exact) mass is 125 g/mol. The zero-order chi connectivity index (χ0) is 6.91. The van der Waals surface area contributed by atoms with Crippen LogP contribution >= 0.6 is 0 Å². The molecule has 1 rings (SSSR count). The Kier molecular flexibility index (Phi) is 1.29. The van der Waals surface area contributed by atoms with Crippen LogP contribution in [0, 0.1) is 6.07 Å². The van der Waals surface area contributed by atoms with Crippen molar-refractivity contribution >= 4 is 5.82 Å². The van der Waals surface area contributed by atoms with Gasteiger partial charge in [0.2, 0.25) is 5.82 Å². The third-order valence-corrected chi connectivity index (χ3v) is 1.11. The van der Waals surface area contributed by atoms with E-state index in [-0.39, 0.29) is 0 Å². The van der Waals surface area contributed by atoms with Gasteiger partial charge in [0, 0.05) is 0 Å². The minimum Gasteiger partial charge on any atom is -0.282 e. The van der Waals surface area contributed by atoms with E-state index in [0.29, 0.717) is 0 Å². The third-order valence-electron chi connectivity index (χ3n) is 1.11. The second kappa shape index (κ2) is 1.84. The van der Waals surface area contributed by atoms with Gasteiger partial charge in [-0.3, -0.25) is 4.48 Å². The number of hydrogen-bond acceptors (Lipinski definition) is 1. The Morgan fingerprint density at radius 1 is 1.56 bits per heavy atom. The Morgan fingerprint density at radius 2 is 2.22 bits per heavy atom. The molecule has 0 aliphatic rings. The van der Waals surface area contributed by atoms with Crippen molar-refractivity contribution < 1.29 is 0 Å². The molecule has 0 fully saturated rings. The van der Waals surface area contributed by atoms with Crippen LogP contribution in [-0.4, -0.2) is 31.3 Å². The van der Waals surface area contributed by atoms with E-state index in [2.05, 4.69) is 37.4 Å². The lowest BCUT2D eigenvalue weighted by Crippen LogP contribution is -2.35. The average molecular weight is 125 g/mol. The fourth-order valence-electron chi connectivity index (χ4n) is 0.563. The minimum atomic E-state index is 0.736. The summed E-state index contributed by atoms with van der Waals surface area (Å²) in [7, 11) is 6.18. The van der Waals surface area contributed by atoms with Crippen molar-refractivity contribution in [2.45, 2.75) is 0 Å². The molecule has 1 heterocycles. The van der Waals surface area contributed by atoms with Gasteiger partial charge in [-0.25, -0.2) is 5.10 Å². The average Bonchev–Trinajstić information content (AvgIpc) is 2.08. The van der Waals surface area contributed by atoms with Gasteiger partial charge in [0.1, 0.15) is 0 Å². The van der Waals surface area contributed by atoms with Gasteiger partial charge in [-0.05, 0) is 0 Å². The largest absolute Gasteiger partial charge is 0.282 e. The molecule has 0 spiro atoms. The summed E-state index contributed by atoms with van der Waals surface area (Å²) in [6, 6.07) is 2.98. The lowest BCUT2D eigenvalue weighted by molar-refractivity contribution is 0.471. The highest BCUT2D eigenvalue weighted by molar-refractivity contribution is 5.27. The number of aromatic nitrogens is 2. The molecule has 1 aromatic rings. The summed E-state index contributed by atoms with van der Waals surface area (Å²) in [5.41, 5.74) is 0. The van der Waals surface area contributed by atoms with Gasteiger partial charge in [0.15, 0.2) is 0 Å². The van der Waals surface area contributed by atoms with Crippen LogP contribution in [-0.2, 0) is 0 Å². The van der Waals surface area contributed by atoms with Gasteiger partial charge >= 0.3 is 0 Å². The Morgan fingerprint density at radius 3 is 2.44 bits per heavy atom. The molecule has 9 heavy (non-hydrogen) atoms. The van der Waals surface area contributed by atoms with Crippen molar-refractivity contribution in [3.05, 3.63) is 12.3 Å². The molecule has 0 amide bonds. The minimum absolute atomic E-state index is 0.736. The van der Waals surface area contributed by atoms with E-state index in [9.17, 15) is 0 Å². The maximum absolute atomic E-state index is 3.79. The predicted molar refractivity (Wildman–Crippen MR) is 37.0 cm³/mol. The molecule has 0 aliphatic heterocycles.